The van der Waals surface area contributed by atoms with Crippen LogP contribution in [0.5, 0.6) is 0 Å². The average molecular weight is 414 g/mol. The Balaban J connectivity index is 1.65. The number of nitrogens with one attached hydrogen (secondary N) is 2. The third-order valence-electron chi connectivity index (χ3n) is 5.34. The highest BCUT2D eigenvalue weighted by atomic mass is 16.3. The molecule has 1 aliphatic rings. The summed E-state index contributed by atoms with van der Waals surface area (Å²) in [4.78, 5) is 7.39. The van der Waals surface area contributed by atoms with E-state index in [9.17, 15) is 0 Å². The van der Waals surface area contributed by atoms with Crippen LogP contribution < -0.4 is 10.6 Å². The zero-order valence-electron chi connectivity index (χ0n) is 18.3. The minimum absolute atomic E-state index is 0.160. The van der Waals surface area contributed by atoms with Crippen molar-refractivity contribution in [2.75, 3.05) is 32.7 Å². The smallest absolute Gasteiger partial charge is 0.191 e. The minimum Gasteiger partial charge on any atom is -0.468 e. The lowest BCUT2D eigenvalue weighted by molar-refractivity contribution is 0.150. The first-order valence-corrected chi connectivity index (χ1v) is 11.0. The number of nitrogens with zero attached hydrogens (tertiary/aromatic N) is 5. The molecule has 1 fully saturated rings. The van der Waals surface area contributed by atoms with Gasteiger partial charge < -0.3 is 19.6 Å². The van der Waals surface area contributed by atoms with Crippen LogP contribution in [0.25, 0.3) is 0 Å². The third kappa shape index (κ3) is 6.45. The molecular formula is C22H35N7O. The molecule has 2 N–H and O–H groups in total. The standard InChI is InChI=1S/C22H35N7O/c1-4-21-27-26-17-29(21)13-10-23-22(24-15-18(2)3)25-16-19(20-9-8-14-30-20)28-11-6-5-7-12-28/h8-9,14,17,19H,2,4-7,10-13,15-16H2,1,3H3,(H2,23,24,25). The first-order valence-electron chi connectivity index (χ1n) is 11.0. The number of rotatable bonds is 10. The SMILES string of the molecule is C=C(C)CNC(=NCC(c1ccco1)N1CCCCC1)NCCn1cnnc1CC. The van der Waals surface area contributed by atoms with E-state index >= 15 is 0 Å². The number of aliphatic imine (C=N–C) groups is 1. The number of hydrogen-bond donors (Lipinski definition) is 2. The zero-order chi connectivity index (χ0) is 21.2. The van der Waals surface area contributed by atoms with Crippen LogP contribution in [0.3, 0.4) is 0 Å². The molecule has 1 atom stereocenters. The number of piperidine rings is 1. The highest BCUT2D eigenvalue weighted by Gasteiger charge is 2.24. The Morgan fingerprint density at radius 2 is 2.13 bits per heavy atom. The van der Waals surface area contributed by atoms with E-state index in [0.29, 0.717) is 13.1 Å². The monoisotopic (exact) mass is 413 g/mol. The summed E-state index contributed by atoms with van der Waals surface area (Å²) in [6.07, 6.45) is 8.17. The van der Waals surface area contributed by atoms with Gasteiger partial charge in [-0.2, -0.15) is 0 Å². The van der Waals surface area contributed by atoms with E-state index in [1.165, 1.54) is 19.3 Å². The summed E-state index contributed by atoms with van der Waals surface area (Å²) in [6, 6.07) is 4.17. The van der Waals surface area contributed by atoms with E-state index in [2.05, 4.69) is 49.9 Å². The van der Waals surface area contributed by atoms with Crippen molar-refractivity contribution in [2.24, 2.45) is 4.99 Å². The molecule has 164 valence electrons. The van der Waals surface area contributed by atoms with Gasteiger partial charge in [-0.05, 0) is 45.0 Å². The maximum absolute atomic E-state index is 5.75. The summed E-state index contributed by atoms with van der Waals surface area (Å²) in [7, 11) is 0. The van der Waals surface area contributed by atoms with E-state index in [1.807, 2.05) is 13.0 Å². The van der Waals surface area contributed by atoms with Gasteiger partial charge in [0, 0.05) is 26.1 Å². The van der Waals surface area contributed by atoms with E-state index in [4.69, 9.17) is 9.41 Å². The Morgan fingerprint density at radius 3 is 2.83 bits per heavy atom. The summed E-state index contributed by atoms with van der Waals surface area (Å²) in [5.74, 6) is 2.77. The summed E-state index contributed by atoms with van der Waals surface area (Å²) in [5.41, 5.74) is 1.06. The second kappa shape index (κ2) is 11.5. The summed E-state index contributed by atoms with van der Waals surface area (Å²) < 4.78 is 7.82. The molecule has 1 unspecified atom stereocenters. The molecule has 2 aromatic heterocycles. The van der Waals surface area contributed by atoms with Crippen LogP contribution in [-0.4, -0.2) is 58.3 Å². The Bertz CT molecular complexity index is 790. The number of aromatic nitrogens is 3. The molecular weight excluding hydrogens is 378 g/mol. The van der Waals surface area contributed by atoms with Crippen LogP contribution in [0.2, 0.25) is 0 Å². The molecule has 8 nitrogen and oxygen atoms in total. The molecule has 1 aliphatic heterocycles. The highest BCUT2D eigenvalue weighted by molar-refractivity contribution is 5.80. The molecule has 0 aliphatic carbocycles. The van der Waals surface area contributed by atoms with Crippen LogP contribution >= 0.6 is 0 Å². The Morgan fingerprint density at radius 1 is 1.30 bits per heavy atom. The topological polar surface area (TPSA) is 83.5 Å². The number of guanidine groups is 1. The summed E-state index contributed by atoms with van der Waals surface area (Å²) >= 11 is 0. The lowest BCUT2D eigenvalue weighted by atomic mass is 10.1. The van der Waals surface area contributed by atoms with Crippen LogP contribution in [0, 0.1) is 0 Å². The maximum atomic E-state index is 5.75. The fraction of sp³-hybridized carbons (Fsp3) is 0.591. The zero-order valence-corrected chi connectivity index (χ0v) is 18.3. The molecule has 0 aromatic carbocycles. The van der Waals surface area contributed by atoms with E-state index in [-0.39, 0.29) is 6.04 Å². The molecule has 0 saturated carbocycles. The van der Waals surface area contributed by atoms with Crippen LogP contribution in [0.4, 0.5) is 0 Å². The molecule has 8 heteroatoms. The number of likely N-dealkylation sites (tertiary alicyclic amines) is 1. The van der Waals surface area contributed by atoms with Crippen molar-refractivity contribution in [3.05, 3.63) is 48.5 Å². The van der Waals surface area contributed by atoms with Gasteiger partial charge in [0.2, 0.25) is 0 Å². The van der Waals surface area contributed by atoms with Crippen molar-refractivity contribution in [3.63, 3.8) is 0 Å². The quantitative estimate of drug-likeness (QED) is 0.354. The van der Waals surface area contributed by atoms with E-state index < -0.39 is 0 Å². The molecule has 3 heterocycles. The summed E-state index contributed by atoms with van der Waals surface area (Å²) in [6.45, 7) is 13.1. The molecule has 2 aromatic rings. The van der Waals surface area contributed by atoms with Gasteiger partial charge in [-0.1, -0.05) is 25.5 Å². The second-order valence-electron chi connectivity index (χ2n) is 7.85. The molecule has 0 amide bonds. The predicted octanol–water partition coefficient (Wildman–Crippen LogP) is 2.77. The van der Waals surface area contributed by atoms with Gasteiger partial charge in [0.05, 0.1) is 18.8 Å². The first-order chi connectivity index (χ1) is 14.7. The van der Waals surface area contributed by atoms with Crippen molar-refractivity contribution < 1.29 is 4.42 Å². The molecule has 0 bridgehead atoms. The van der Waals surface area contributed by atoms with Crippen molar-refractivity contribution in [1.29, 1.82) is 0 Å². The van der Waals surface area contributed by atoms with Crippen LogP contribution in [0.1, 0.15) is 50.7 Å². The van der Waals surface area contributed by atoms with Crippen molar-refractivity contribution >= 4 is 5.96 Å². The maximum Gasteiger partial charge on any atom is 0.191 e. The summed E-state index contributed by atoms with van der Waals surface area (Å²) in [5, 5.41) is 15.0. The van der Waals surface area contributed by atoms with Gasteiger partial charge in [0.15, 0.2) is 5.96 Å². The lowest BCUT2D eigenvalue weighted by Crippen LogP contribution is -2.41. The number of aryl methyl sites for hydroxylation is 1. The van der Waals surface area contributed by atoms with Gasteiger partial charge in [-0.3, -0.25) is 9.89 Å². The Kier molecular flexibility index (Phi) is 8.50. The van der Waals surface area contributed by atoms with E-state index in [1.54, 1.807) is 12.6 Å². The lowest BCUT2D eigenvalue weighted by Gasteiger charge is -2.32. The van der Waals surface area contributed by atoms with Gasteiger partial charge in [0.25, 0.3) is 0 Å². The Labute approximate surface area is 179 Å². The second-order valence-corrected chi connectivity index (χ2v) is 7.85. The van der Waals surface area contributed by atoms with Gasteiger partial charge in [0.1, 0.15) is 17.9 Å². The van der Waals surface area contributed by atoms with E-state index in [0.717, 1.165) is 55.7 Å². The van der Waals surface area contributed by atoms with Gasteiger partial charge in [-0.15, -0.1) is 10.2 Å². The predicted molar refractivity (Wildman–Crippen MR) is 119 cm³/mol. The third-order valence-corrected chi connectivity index (χ3v) is 5.34. The molecule has 1 saturated heterocycles. The van der Waals surface area contributed by atoms with Gasteiger partial charge in [-0.25, -0.2) is 0 Å². The van der Waals surface area contributed by atoms with Crippen molar-refractivity contribution in [3.8, 4) is 0 Å². The molecule has 30 heavy (non-hydrogen) atoms. The molecule has 0 radical (unpaired) electrons. The van der Waals surface area contributed by atoms with Crippen molar-refractivity contribution in [2.45, 2.75) is 52.1 Å². The fourth-order valence-electron chi connectivity index (χ4n) is 3.72. The number of furan rings is 1. The molecule has 3 rings (SSSR count). The Hall–Kier alpha value is -2.61. The normalized spacial score (nSPS) is 16.4. The van der Waals surface area contributed by atoms with Crippen molar-refractivity contribution in [1.82, 2.24) is 30.3 Å². The van der Waals surface area contributed by atoms with Gasteiger partial charge >= 0.3 is 0 Å². The molecule has 0 spiro atoms. The number of hydrogen-bond acceptors (Lipinski definition) is 5. The van der Waals surface area contributed by atoms with Crippen LogP contribution in [0.15, 0.2) is 46.3 Å². The minimum atomic E-state index is 0.160. The van der Waals surface area contributed by atoms with Crippen LogP contribution in [-0.2, 0) is 13.0 Å². The largest absolute Gasteiger partial charge is 0.468 e. The first kappa shape index (κ1) is 22.1. The average Bonchev–Trinajstić information content (AvgIpc) is 3.44. The highest BCUT2D eigenvalue weighted by Crippen LogP contribution is 2.25. The fourth-order valence-corrected chi connectivity index (χ4v) is 3.72.